The Morgan fingerprint density at radius 2 is 1.90 bits per heavy atom. The summed E-state index contributed by atoms with van der Waals surface area (Å²) < 4.78 is 0. The number of hydrogen-bond donors (Lipinski definition) is 1. The molecule has 1 N–H and O–H groups in total. The summed E-state index contributed by atoms with van der Waals surface area (Å²) in [6, 6.07) is 5.86. The largest absolute Gasteiger partial charge is 0.382 e. The highest BCUT2D eigenvalue weighted by atomic mass is 35.5. The first kappa shape index (κ1) is 16.2. The van der Waals surface area contributed by atoms with E-state index in [0.717, 1.165) is 18.5 Å². The van der Waals surface area contributed by atoms with Crippen LogP contribution in [0.4, 0.5) is 5.69 Å². The van der Waals surface area contributed by atoms with Crippen LogP contribution in [-0.2, 0) is 0 Å². The van der Waals surface area contributed by atoms with Gasteiger partial charge in [-0.15, -0.1) is 0 Å². The van der Waals surface area contributed by atoms with Crippen molar-refractivity contribution in [1.82, 2.24) is 4.90 Å². The summed E-state index contributed by atoms with van der Waals surface area (Å²) in [6.07, 6.45) is 4.69. The van der Waals surface area contributed by atoms with Crippen LogP contribution in [-0.4, -0.2) is 30.9 Å². The molecule has 0 bridgehead atoms. The van der Waals surface area contributed by atoms with Gasteiger partial charge < -0.3 is 10.2 Å². The topological polar surface area (TPSA) is 32.3 Å². The van der Waals surface area contributed by atoms with E-state index in [9.17, 15) is 4.79 Å². The molecule has 1 saturated carbocycles. The Bertz CT molecular complexity index is 516. The molecule has 1 aromatic rings. The van der Waals surface area contributed by atoms with E-state index >= 15 is 0 Å². The third-order valence-electron chi connectivity index (χ3n) is 4.32. The van der Waals surface area contributed by atoms with Crippen LogP contribution >= 0.6 is 11.6 Å². The van der Waals surface area contributed by atoms with Crippen LogP contribution in [0.3, 0.4) is 0 Å². The van der Waals surface area contributed by atoms with Crippen LogP contribution in [0, 0.1) is 5.41 Å². The van der Waals surface area contributed by atoms with Crippen LogP contribution in [0.25, 0.3) is 0 Å². The van der Waals surface area contributed by atoms with Gasteiger partial charge in [0.05, 0.1) is 5.56 Å². The second kappa shape index (κ2) is 6.27. The number of nitrogens with zero attached hydrogens (tertiary/aromatic N) is 1. The number of anilines is 1. The van der Waals surface area contributed by atoms with Crippen molar-refractivity contribution >= 4 is 23.2 Å². The maximum atomic E-state index is 12.3. The van der Waals surface area contributed by atoms with Crippen molar-refractivity contribution in [3.63, 3.8) is 0 Å². The van der Waals surface area contributed by atoms with Gasteiger partial charge in [-0.2, -0.15) is 0 Å². The minimum atomic E-state index is 0.00491. The minimum Gasteiger partial charge on any atom is -0.382 e. The lowest BCUT2D eigenvalue weighted by Crippen LogP contribution is -2.31. The standard InChI is InChI=1S/C17H25ClN2O/c1-17(2)9-7-13(8-10-17)19-15-11-12(18)5-6-14(15)16(21)20(3)4/h5-6,11,13,19H,7-10H2,1-4H3. The van der Waals surface area contributed by atoms with E-state index in [1.807, 2.05) is 6.07 Å². The van der Waals surface area contributed by atoms with Gasteiger partial charge >= 0.3 is 0 Å². The summed E-state index contributed by atoms with van der Waals surface area (Å²) in [5, 5.41) is 4.19. The van der Waals surface area contributed by atoms with E-state index in [0.29, 0.717) is 22.0 Å². The minimum absolute atomic E-state index is 0.00491. The lowest BCUT2D eigenvalue weighted by molar-refractivity contribution is 0.0828. The first-order valence-electron chi connectivity index (χ1n) is 7.56. The summed E-state index contributed by atoms with van der Waals surface area (Å²) in [4.78, 5) is 13.9. The monoisotopic (exact) mass is 308 g/mol. The fraction of sp³-hybridized carbons (Fsp3) is 0.588. The number of rotatable bonds is 3. The molecule has 0 heterocycles. The molecule has 0 unspecified atom stereocenters. The Kier molecular flexibility index (Phi) is 4.82. The molecule has 2 rings (SSSR count). The summed E-state index contributed by atoms with van der Waals surface area (Å²) in [6.45, 7) is 4.65. The van der Waals surface area contributed by atoms with Crippen LogP contribution in [0.15, 0.2) is 18.2 Å². The second-order valence-corrected chi connectivity index (χ2v) is 7.41. The molecule has 0 aliphatic heterocycles. The molecular formula is C17H25ClN2O. The molecule has 0 saturated heterocycles. The van der Waals surface area contributed by atoms with Gasteiger partial charge in [0.15, 0.2) is 0 Å². The zero-order chi connectivity index (χ0) is 15.6. The van der Waals surface area contributed by atoms with E-state index in [2.05, 4.69) is 19.2 Å². The third-order valence-corrected chi connectivity index (χ3v) is 4.55. The lowest BCUT2D eigenvalue weighted by Gasteiger charge is -2.35. The molecule has 4 heteroatoms. The number of halogens is 1. The number of carbonyl (C=O) groups excluding carboxylic acids is 1. The number of carbonyl (C=O) groups is 1. The van der Waals surface area contributed by atoms with Crippen LogP contribution in [0.2, 0.25) is 5.02 Å². The van der Waals surface area contributed by atoms with Crippen LogP contribution < -0.4 is 5.32 Å². The Hall–Kier alpha value is -1.22. The highest BCUT2D eigenvalue weighted by Gasteiger charge is 2.27. The summed E-state index contributed by atoms with van der Waals surface area (Å²) in [5.41, 5.74) is 1.98. The second-order valence-electron chi connectivity index (χ2n) is 6.97. The molecule has 1 aromatic carbocycles. The molecular weight excluding hydrogens is 284 g/mol. The van der Waals surface area contributed by atoms with E-state index in [1.165, 1.54) is 12.8 Å². The SMILES string of the molecule is CN(C)C(=O)c1ccc(Cl)cc1NC1CCC(C)(C)CC1. The maximum Gasteiger partial charge on any atom is 0.255 e. The molecule has 116 valence electrons. The Morgan fingerprint density at radius 1 is 1.29 bits per heavy atom. The first-order valence-corrected chi connectivity index (χ1v) is 7.94. The number of benzene rings is 1. The van der Waals surface area contributed by atoms with Gasteiger partial charge in [-0.1, -0.05) is 25.4 Å². The smallest absolute Gasteiger partial charge is 0.255 e. The van der Waals surface area contributed by atoms with Crippen molar-refractivity contribution in [2.75, 3.05) is 19.4 Å². The van der Waals surface area contributed by atoms with Crippen LogP contribution in [0.1, 0.15) is 49.9 Å². The molecule has 1 fully saturated rings. The quantitative estimate of drug-likeness (QED) is 0.896. The maximum absolute atomic E-state index is 12.3. The zero-order valence-electron chi connectivity index (χ0n) is 13.4. The normalized spacial score (nSPS) is 18.3. The average Bonchev–Trinajstić information content (AvgIpc) is 2.40. The molecule has 0 aromatic heterocycles. The highest BCUT2D eigenvalue weighted by molar-refractivity contribution is 6.31. The molecule has 1 aliphatic carbocycles. The predicted molar refractivity (Wildman–Crippen MR) is 89.1 cm³/mol. The van der Waals surface area contributed by atoms with E-state index in [1.54, 1.807) is 31.1 Å². The van der Waals surface area contributed by atoms with Crippen molar-refractivity contribution in [3.8, 4) is 0 Å². The van der Waals surface area contributed by atoms with Crippen molar-refractivity contribution in [2.24, 2.45) is 5.41 Å². The highest BCUT2D eigenvalue weighted by Crippen LogP contribution is 2.36. The molecule has 3 nitrogen and oxygen atoms in total. The number of nitrogens with one attached hydrogen (secondary N) is 1. The van der Waals surface area contributed by atoms with E-state index in [-0.39, 0.29) is 5.91 Å². The summed E-state index contributed by atoms with van der Waals surface area (Å²) >= 11 is 6.10. The number of amides is 1. The van der Waals surface area contributed by atoms with Crippen molar-refractivity contribution < 1.29 is 4.79 Å². The predicted octanol–water partition coefficient (Wildman–Crippen LogP) is 4.42. The van der Waals surface area contributed by atoms with Gasteiger partial charge in [0.25, 0.3) is 5.91 Å². The summed E-state index contributed by atoms with van der Waals surface area (Å²) in [7, 11) is 3.54. The molecule has 0 spiro atoms. The number of hydrogen-bond acceptors (Lipinski definition) is 2. The van der Waals surface area contributed by atoms with Gasteiger partial charge in [0.1, 0.15) is 0 Å². The van der Waals surface area contributed by atoms with Crippen molar-refractivity contribution in [2.45, 2.75) is 45.6 Å². The summed E-state index contributed by atoms with van der Waals surface area (Å²) in [5.74, 6) is 0.00491. The fourth-order valence-corrected chi connectivity index (χ4v) is 3.00. The van der Waals surface area contributed by atoms with Crippen LogP contribution in [0.5, 0.6) is 0 Å². The molecule has 0 radical (unpaired) electrons. The Morgan fingerprint density at radius 3 is 2.48 bits per heavy atom. The van der Waals surface area contributed by atoms with Crippen molar-refractivity contribution in [1.29, 1.82) is 0 Å². The van der Waals surface area contributed by atoms with Gasteiger partial charge in [0.2, 0.25) is 0 Å². The van der Waals surface area contributed by atoms with Gasteiger partial charge in [0, 0.05) is 30.8 Å². The van der Waals surface area contributed by atoms with E-state index in [4.69, 9.17) is 11.6 Å². The van der Waals surface area contributed by atoms with Crippen molar-refractivity contribution in [3.05, 3.63) is 28.8 Å². The lowest BCUT2D eigenvalue weighted by atomic mass is 9.75. The van der Waals surface area contributed by atoms with E-state index < -0.39 is 0 Å². The first-order chi connectivity index (χ1) is 9.78. The zero-order valence-corrected chi connectivity index (χ0v) is 14.1. The molecule has 21 heavy (non-hydrogen) atoms. The third kappa shape index (κ3) is 4.13. The Labute approximate surface area is 132 Å². The molecule has 1 amide bonds. The van der Waals surface area contributed by atoms with Gasteiger partial charge in [-0.05, 0) is 49.3 Å². The van der Waals surface area contributed by atoms with Gasteiger partial charge in [-0.25, -0.2) is 0 Å². The Balaban J connectivity index is 2.16. The molecule has 0 atom stereocenters. The fourth-order valence-electron chi connectivity index (χ4n) is 2.83. The average molecular weight is 309 g/mol. The van der Waals surface area contributed by atoms with Gasteiger partial charge in [-0.3, -0.25) is 4.79 Å². The molecule has 1 aliphatic rings.